The van der Waals surface area contributed by atoms with E-state index in [9.17, 15) is 21.6 Å². The summed E-state index contributed by atoms with van der Waals surface area (Å²) in [5.41, 5.74) is 4.01. The number of hydrogen-bond acceptors (Lipinski definition) is 5. The van der Waals surface area contributed by atoms with Gasteiger partial charge in [-0.1, -0.05) is 47.5 Å². The Balaban J connectivity index is 1.26. The van der Waals surface area contributed by atoms with Crippen LogP contribution in [0.3, 0.4) is 0 Å². The molecule has 1 N–H and O–H groups in total. The molecular weight excluding hydrogens is 582 g/mol. The molecule has 212 valence electrons. The fourth-order valence-electron chi connectivity index (χ4n) is 4.63. The number of sulfonamides is 2. The molecule has 1 amide bonds. The third kappa shape index (κ3) is 5.95. The van der Waals surface area contributed by atoms with Gasteiger partial charge in [-0.3, -0.25) is 13.4 Å². The zero-order valence-electron chi connectivity index (χ0n) is 22.4. The van der Waals surface area contributed by atoms with Crippen molar-refractivity contribution in [3.05, 3.63) is 113 Å². The second-order valence-electron chi connectivity index (χ2n) is 9.80. The summed E-state index contributed by atoms with van der Waals surface area (Å²) in [5, 5.41) is 3.29. The van der Waals surface area contributed by atoms with Crippen molar-refractivity contribution in [1.29, 1.82) is 0 Å². The fourth-order valence-corrected chi connectivity index (χ4v) is 7.45. The highest BCUT2D eigenvalue weighted by Crippen LogP contribution is 2.35. The number of benzene rings is 4. The maximum absolute atomic E-state index is 13.3. The smallest absolute Gasteiger partial charge is 0.264 e. The molecule has 0 atom stereocenters. The molecule has 0 saturated carbocycles. The standard InChI is InChI=1S/C30H28ClN3O5S2/c1-21-3-13-27(14-4-21)40(36,37)33(2)26-11-5-22(6-12-26)19-30(35)32-25-10-7-23-17-18-34(29(23)20-25)41(38,39)28-15-8-24(31)9-16-28/h3-16,20H,17-19H2,1-2H3,(H,32,35). The topological polar surface area (TPSA) is 104 Å². The Morgan fingerprint density at radius 2 is 1.51 bits per heavy atom. The molecule has 0 spiro atoms. The number of amides is 1. The number of hydrogen-bond donors (Lipinski definition) is 1. The Kier molecular flexibility index (Phi) is 7.83. The Bertz CT molecular complexity index is 1810. The van der Waals surface area contributed by atoms with E-state index in [1.807, 2.05) is 13.0 Å². The molecule has 8 nitrogen and oxygen atoms in total. The van der Waals surface area contributed by atoms with Gasteiger partial charge in [-0.25, -0.2) is 16.8 Å². The summed E-state index contributed by atoms with van der Waals surface area (Å²) in [7, 11) is -6.03. The van der Waals surface area contributed by atoms with E-state index in [0.29, 0.717) is 40.6 Å². The lowest BCUT2D eigenvalue weighted by atomic mass is 10.1. The van der Waals surface area contributed by atoms with Gasteiger partial charge in [0, 0.05) is 24.3 Å². The third-order valence-electron chi connectivity index (χ3n) is 6.97. The number of nitrogens with one attached hydrogen (secondary N) is 1. The van der Waals surface area contributed by atoms with E-state index < -0.39 is 20.0 Å². The lowest BCUT2D eigenvalue weighted by Crippen LogP contribution is -2.29. The molecule has 0 fully saturated rings. The minimum absolute atomic E-state index is 0.0541. The lowest BCUT2D eigenvalue weighted by molar-refractivity contribution is -0.115. The van der Waals surface area contributed by atoms with Crippen LogP contribution in [-0.4, -0.2) is 36.3 Å². The van der Waals surface area contributed by atoms with E-state index in [-0.39, 0.29) is 22.1 Å². The average molecular weight is 610 g/mol. The molecule has 4 aromatic rings. The fraction of sp³-hybridized carbons (Fsp3) is 0.167. The van der Waals surface area contributed by atoms with E-state index in [0.717, 1.165) is 11.1 Å². The zero-order valence-corrected chi connectivity index (χ0v) is 24.8. The summed E-state index contributed by atoms with van der Waals surface area (Å²) in [6.45, 7) is 2.19. The van der Waals surface area contributed by atoms with Gasteiger partial charge in [-0.05, 0) is 85.1 Å². The van der Waals surface area contributed by atoms with Crippen LogP contribution in [0.25, 0.3) is 0 Å². The SMILES string of the molecule is Cc1ccc(S(=O)(=O)N(C)c2ccc(CC(=O)Nc3ccc4c(c3)N(S(=O)(=O)c3ccc(Cl)cc3)CC4)cc2)cc1. The Hall–Kier alpha value is -3.86. The largest absolute Gasteiger partial charge is 0.326 e. The number of carbonyl (C=O) groups excluding carboxylic acids is 1. The first-order valence-electron chi connectivity index (χ1n) is 12.8. The normalized spacial score (nSPS) is 13.1. The predicted molar refractivity (Wildman–Crippen MR) is 162 cm³/mol. The van der Waals surface area contributed by atoms with Crippen molar-refractivity contribution in [3.8, 4) is 0 Å². The van der Waals surface area contributed by atoms with Gasteiger partial charge in [0.15, 0.2) is 0 Å². The van der Waals surface area contributed by atoms with Gasteiger partial charge < -0.3 is 5.32 Å². The van der Waals surface area contributed by atoms with Crippen LogP contribution in [-0.2, 0) is 37.7 Å². The summed E-state index contributed by atoms with van der Waals surface area (Å²) in [5.74, 6) is -0.288. The minimum Gasteiger partial charge on any atom is -0.326 e. The first-order chi connectivity index (χ1) is 19.4. The van der Waals surface area contributed by atoms with Gasteiger partial charge >= 0.3 is 0 Å². The maximum Gasteiger partial charge on any atom is 0.264 e. The van der Waals surface area contributed by atoms with Gasteiger partial charge in [-0.15, -0.1) is 0 Å². The van der Waals surface area contributed by atoms with E-state index in [4.69, 9.17) is 11.6 Å². The van der Waals surface area contributed by atoms with Gasteiger partial charge in [0.25, 0.3) is 20.0 Å². The number of fused-ring (bicyclic) bond motifs is 1. The van der Waals surface area contributed by atoms with Crippen LogP contribution in [0.2, 0.25) is 5.02 Å². The summed E-state index contributed by atoms with van der Waals surface area (Å²) >= 11 is 5.92. The van der Waals surface area contributed by atoms with Gasteiger partial charge in [-0.2, -0.15) is 0 Å². The molecule has 1 heterocycles. The molecule has 1 aliphatic rings. The van der Waals surface area contributed by atoms with E-state index >= 15 is 0 Å². The highest BCUT2D eigenvalue weighted by atomic mass is 35.5. The van der Waals surface area contributed by atoms with Crippen molar-refractivity contribution >= 4 is 54.6 Å². The van der Waals surface area contributed by atoms with Crippen LogP contribution in [0.4, 0.5) is 17.1 Å². The highest BCUT2D eigenvalue weighted by molar-refractivity contribution is 7.93. The Labute approximate surface area is 245 Å². The van der Waals surface area contributed by atoms with Crippen molar-refractivity contribution in [1.82, 2.24) is 0 Å². The summed E-state index contributed by atoms with van der Waals surface area (Å²) < 4.78 is 55.1. The third-order valence-corrected chi connectivity index (χ3v) is 10.8. The molecule has 0 bridgehead atoms. The lowest BCUT2D eigenvalue weighted by Gasteiger charge is -2.20. The molecule has 0 aliphatic carbocycles. The summed E-state index contributed by atoms with van der Waals surface area (Å²) in [4.78, 5) is 13.2. The molecule has 0 radical (unpaired) electrons. The maximum atomic E-state index is 13.3. The highest BCUT2D eigenvalue weighted by Gasteiger charge is 2.31. The van der Waals surface area contributed by atoms with Crippen LogP contribution in [0.15, 0.2) is 101 Å². The molecule has 4 aromatic carbocycles. The Morgan fingerprint density at radius 1 is 0.878 bits per heavy atom. The molecule has 41 heavy (non-hydrogen) atoms. The van der Waals surface area contributed by atoms with Gasteiger partial charge in [0.2, 0.25) is 5.91 Å². The first kappa shape index (κ1) is 28.7. The number of nitrogens with zero attached hydrogens (tertiary/aromatic N) is 2. The van der Waals surface area contributed by atoms with E-state index in [1.54, 1.807) is 60.7 Å². The van der Waals surface area contributed by atoms with E-state index in [1.165, 1.54) is 39.9 Å². The molecule has 1 aliphatic heterocycles. The van der Waals surface area contributed by atoms with Crippen molar-refractivity contribution in [2.75, 3.05) is 27.5 Å². The average Bonchev–Trinajstić information content (AvgIpc) is 3.38. The van der Waals surface area contributed by atoms with Crippen LogP contribution >= 0.6 is 11.6 Å². The quantitative estimate of drug-likeness (QED) is 0.288. The van der Waals surface area contributed by atoms with Gasteiger partial charge in [0.05, 0.1) is 27.6 Å². The van der Waals surface area contributed by atoms with Crippen molar-refractivity contribution in [2.24, 2.45) is 0 Å². The van der Waals surface area contributed by atoms with Crippen LogP contribution in [0.5, 0.6) is 0 Å². The predicted octanol–water partition coefficient (Wildman–Crippen LogP) is 5.41. The summed E-state index contributed by atoms with van der Waals surface area (Å²) in [6.07, 6.45) is 0.620. The molecule has 0 aromatic heterocycles. The van der Waals surface area contributed by atoms with Crippen molar-refractivity contribution < 1.29 is 21.6 Å². The van der Waals surface area contributed by atoms with Crippen LogP contribution in [0, 0.1) is 6.92 Å². The Morgan fingerprint density at radius 3 is 2.17 bits per heavy atom. The van der Waals surface area contributed by atoms with E-state index in [2.05, 4.69) is 5.32 Å². The molecular formula is C30H28ClN3O5S2. The zero-order chi connectivity index (χ0) is 29.4. The first-order valence-corrected chi connectivity index (χ1v) is 16.1. The summed E-state index contributed by atoms with van der Waals surface area (Å²) in [6, 6.07) is 24.6. The second kappa shape index (κ2) is 11.2. The van der Waals surface area contributed by atoms with Gasteiger partial charge in [0.1, 0.15) is 0 Å². The molecule has 0 saturated heterocycles. The number of aryl methyl sites for hydroxylation is 1. The molecule has 0 unspecified atom stereocenters. The number of rotatable bonds is 8. The van der Waals surface area contributed by atoms with Crippen LogP contribution < -0.4 is 13.9 Å². The molecule has 11 heteroatoms. The van der Waals surface area contributed by atoms with Crippen molar-refractivity contribution in [2.45, 2.75) is 29.6 Å². The number of halogens is 1. The van der Waals surface area contributed by atoms with Crippen LogP contribution in [0.1, 0.15) is 16.7 Å². The number of carbonyl (C=O) groups is 1. The van der Waals surface area contributed by atoms with Crippen molar-refractivity contribution in [3.63, 3.8) is 0 Å². The number of anilines is 3. The molecule has 5 rings (SSSR count). The monoisotopic (exact) mass is 609 g/mol. The minimum atomic E-state index is -3.79. The second-order valence-corrected chi connectivity index (χ2v) is 14.1.